The van der Waals surface area contributed by atoms with Gasteiger partial charge in [0.25, 0.3) is 0 Å². The average molecular weight is 404 g/mol. The van der Waals surface area contributed by atoms with Crippen molar-refractivity contribution in [2.24, 2.45) is 0 Å². The molecule has 27 heavy (non-hydrogen) atoms. The van der Waals surface area contributed by atoms with Crippen molar-refractivity contribution in [3.05, 3.63) is 59.1 Å². The van der Waals surface area contributed by atoms with Crippen molar-refractivity contribution in [1.82, 2.24) is 5.32 Å². The summed E-state index contributed by atoms with van der Waals surface area (Å²) in [5.74, 6) is 1.72. The molecule has 0 unspecified atom stereocenters. The van der Waals surface area contributed by atoms with E-state index in [2.05, 4.69) is 25.2 Å². The van der Waals surface area contributed by atoms with Gasteiger partial charge in [-0.25, -0.2) is 0 Å². The zero-order valence-corrected chi connectivity index (χ0v) is 17.4. The van der Waals surface area contributed by atoms with Crippen LogP contribution in [0.3, 0.4) is 0 Å². The molecule has 0 radical (unpaired) electrons. The summed E-state index contributed by atoms with van der Waals surface area (Å²) in [7, 11) is 0. The normalized spacial score (nSPS) is 17.7. The Balaban J connectivity index is 1.61. The van der Waals surface area contributed by atoms with E-state index in [1.165, 1.54) is 0 Å². The molecule has 1 aliphatic heterocycles. The number of para-hydroxylation sites is 1. The van der Waals surface area contributed by atoms with Crippen LogP contribution in [0.4, 0.5) is 0 Å². The number of fused-ring (bicyclic) bond motifs is 1. The number of hydrogen-bond acceptors (Lipinski definition) is 3. The number of ether oxygens (including phenoxy) is 1. The summed E-state index contributed by atoms with van der Waals surface area (Å²) in [4.78, 5) is 13.7. The molecule has 3 rings (SSSR count). The fourth-order valence-corrected chi connectivity index (χ4v) is 4.47. The highest BCUT2D eigenvalue weighted by Gasteiger charge is 2.38. The molecule has 5 heteroatoms. The van der Waals surface area contributed by atoms with Crippen LogP contribution in [0.2, 0.25) is 5.02 Å². The Bertz CT molecular complexity index is 774. The largest absolute Gasteiger partial charge is 0.487 e. The molecule has 0 spiro atoms. The molecule has 0 fully saturated rings. The van der Waals surface area contributed by atoms with E-state index in [1.54, 1.807) is 11.8 Å². The predicted octanol–water partition coefficient (Wildman–Crippen LogP) is 6.02. The highest BCUT2D eigenvalue weighted by molar-refractivity contribution is 7.99. The maximum absolute atomic E-state index is 12.6. The standard InChI is InChI=1S/C22H26ClNO2S/c1-3-22(4-2)15-19(18-7-5-6-8-20(18)26-22)24-21(25)13-14-27-17-11-9-16(23)10-12-17/h5-12,19H,3-4,13-15H2,1-2H3,(H,24,25)/t19-/m0/s1. The Morgan fingerprint density at radius 3 is 2.59 bits per heavy atom. The molecule has 0 bridgehead atoms. The van der Waals surface area contributed by atoms with E-state index < -0.39 is 0 Å². The zero-order valence-electron chi connectivity index (χ0n) is 15.8. The van der Waals surface area contributed by atoms with Gasteiger partial charge in [0.2, 0.25) is 5.91 Å². The van der Waals surface area contributed by atoms with Crippen molar-refractivity contribution in [2.75, 3.05) is 5.75 Å². The van der Waals surface area contributed by atoms with Gasteiger partial charge in [-0.15, -0.1) is 11.8 Å². The molecule has 0 aromatic heterocycles. The van der Waals surface area contributed by atoms with Crippen LogP contribution in [0.25, 0.3) is 0 Å². The first-order chi connectivity index (χ1) is 13.0. The Kier molecular flexibility index (Phi) is 6.72. The number of halogens is 1. The highest BCUT2D eigenvalue weighted by Crippen LogP contribution is 2.42. The third-order valence-electron chi connectivity index (χ3n) is 5.23. The van der Waals surface area contributed by atoms with Crippen molar-refractivity contribution < 1.29 is 9.53 Å². The molecule has 2 aromatic rings. The molecule has 1 amide bonds. The number of carbonyl (C=O) groups is 1. The summed E-state index contributed by atoms with van der Waals surface area (Å²) in [6.07, 6.45) is 3.15. The maximum atomic E-state index is 12.6. The molecule has 0 aliphatic carbocycles. The SMILES string of the molecule is CCC1(CC)C[C@H](NC(=O)CCSc2ccc(Cl)cc2)c2ccccc2O1. The number of thioether (sulfide) groups is 1. The Labute approximate surface area is 170 Å². The summed E-state index contributed by atoms with van der Waals surface area (Å²) in [6.45, 7) is 4.30. The smallest absolute Gasteiger partial charge is 0.221 e. The van der Waals surface area contributed by atoms with Crippen LogP contribution in [0.5, 0.6) is 5.75 Å². The van der Waals surface area contributed by atoms with E-state index in [0.717, 1.165) is 46.2 Å². The molecule has 1 heterocycles. The van der Waals surface area contributed by atoms with Gasteiger partial charge in [0.15, 0.2) is 0 Å². The molecular formula is C22H26ClNO2S. The Morgan fingerprint density at radius 1 is 1.19 bits per heavy atom. The number of benzene rings is 2. The fraction of sp³-hybridized carbons (Fsp3) is 0.409. The lowest BCUT2D eigenvalue weighted by Gasteiger charge is -2.41. The van der Waals surface area contributed by atoms with Crippen LogP contribution in [0, 0.1) is 0 Å². The lowest BCUT2D eigenvalue weighted by molar-refractivity contribution is -0.122. The average Bonchev–Trinajstić information content (AvgIpc) is 2.69. The molecule has 144 valence electrons. The van der Waals surface area contributed by atoms with Crippen molar-refractivity contribution in [1.29, 1.82) is 0 Å². The van der Waals surface area contributed by atoms with Crippen LogP contribution in [0.15, 0.2) is 53.4 Å². The molecule has 1 atom stereocenters. The second kappa shape index (κ2) is 9.03. The first-order valence-electron chi connectivity index (χ1n) is 9.51. The summed E-state index contributed by atoms with van der Waals surface area (Å²) >= 11 is 7.58. The molecule has 2 aromatic carbocycles. The number of rotatable bonds is 7. The minimum atomic E-state index is -0.204. The molecule has 1 N–H and O–H groups in total. The number of nitrogens with one attached hydrogen (secondary N) is 1. The van der Waals surface area contributed by atoms with Gasteiger partial charge in [-0.05, 0) is 43.2 Å². The third kappa shape index (κ3) is 4.99. The maximum Gasteiger partial charge on any atom is 0.221 e. The van der Waals surface area contributed by atoms with Gasteiger partial charge in [0.05, 0.1) is 6.04 Å². The Morgan fingerprint density at radius 2 is 1.89 bits per heavy atom. The van der Waals surface area contributed by atoms with Gasteiger partial charge in [-0.1, -0.05) is 43.6 Å². The van der Waals surface area contributed by atoms with Crippen LogP contribution in [-0.4, -0.2) is 17.3 Å². The van der Waals surface area contributed by atoms with Crippen LogP contribution >= 0.6 is 23.4 Å². The highest BCUT2D eigenvalue weighted by atomic mass is 35.5. The summed E-state index contributed by atoms with van der Waals surface area (Å²) < 4.78 is 6.31. The van der Waals surface area contributed by atoms with Gasteiger partial charge in [0.1, 0.15) is 11.4 Å². The lowest BCUT2D eigenvalue weighted by atomic mass is 9.83. The van der Waals surface area contributed by atoms with E-state index in [0.29, 0.717) is 6.42 Å². The van der Waals surface area contributed by atoms with Crippen molar-refractivity contribution >= 4 is 29.3 Å². The quantitative estimate of drug-likeness (QED) is 0.574. The molecular weight excluding hydrogens is 378 g/mol. The zero-order chi connectivity index (χ0) is 19.3. The van der Waals surface area contributed by atoms with Crippen molar-refractivity contribution in [3.63, 3.8) is 0 Å². The minimum absolute atomic E-state index is 0.00267. The van der Waals surface area contributed by atoms with E-state index in [1.807, 2.05) is 42.5 Å². The predicted molar refractivity (Wildman–Crippen MR) is 113 cm³/mol. The first-order valence-corrected chi connectivity index (χ1v) is 10.9. The molecule has 1 aliphatic rings. The number of carbonyl (C=O) groups excluding carboxylic acids is 1. The van der Waals surface area contributed by atoms with Gasteiger partial charge in [0, 0.05) is 34.1 Å². The molecule has 3 nitrogen and oxygen atoms in total. The van der Waals surface area contributed by atoms with E-state index in [9.17, 15) is 4.79 Å². The summed E-state index contributed by atoms with van der Waals surface area (Å²) in [5.41, 5.74) is 0.874. The second-order valence-electron chi connectivity index (χ2n) is 6.91. The van der Waals surface area contributed by atoms with E-state index >= 15 is 0 Å². The number of amides is 1. The lowest BCUT2D eigenvalue weighted by Crippen LogP contribution is -2.44. The van der Waals surface area contributed by atoms with Gasteiger partial charge in [-0.3, -0.25) is 4.79 Å². The van der Waals surface area contributed by atoms with Gasteiger partial charge in [-0.2, -0.15) is 0 Å². The van der Waals surface area contributed by atoms with E-state index in [-0.39, 0.29) is 17.6 Å². The third-order valence-corrected chi connectivity index (χ3v) is 6.50. The number of hydrogen-bond donors (Lipinski definition) is 1. The summed E-state index contributed by atoms with van der Waals surface area (Å²) in [5, 5.41) is 3.97. The van der Waals surface area contributed by atoms with Crippen LogP contribution in [0.1, 0.15) is 51.1 Å². The minimum Gasteiger partial charge on any atom is -0.487 e. The molecule has 0 saturated carbocycles. The van der Waals surface area contributed by atoms with Crippen LogP contribution < -0.4 is 10.1 Å². The van der Waals surface area contributed by atoms with Gasteiger partial charge < -0.3 is 10.1 Å². The fourth-order valence-electron chi connectivity index (χ4n) is 3.49. The summed E-state index contributed by atoms with van der Waals surface area (Å²) in [6, 6.07) is 15.8. The van der Waals surface area contributed by atoms with Crippen molar-refractivity contribution in [3.8, 4) is 5.75 Å². The van der Waals surface area contributed by atoms with Gasteiger partial charge >= 0.3 is 0 Å². The van der Waals surface area contributed by atoms with E-state index in [4.69, 9.17) is 16.3 Å². The van der Waals surface area contributed by atoms with Crippen molar-refractivity contribution in [2.45, 2.75) is 56.1 Å². The first kappa shape index (κ1) is 20.1. The van der Waals surface area contributed by atoms with Crippen LogP contribution in [-0.2, 0) is 4.79 Å². The Hall–Kier alpha value is -1.65. The second-order valence-corrected chi connectivity index (χ2v) is 8.51. The molecule has 0 saturated heterocycles. The monoisotopic (exact) mass is 403 g/mol. The topological polar surface area (TPSA) is 38.3 Å².